The van der Waals surface area contributed by atoms with E-state index in [1.165, 1.54) is 5.00 Å². The van der Waals surface area contributed by atoms with Gasteiger partial charge in [-0.05, 0) is 17.5 Å². The molecule has 0 amide bonds. The number of hydrogen-bond acceptors (Lipinski definition) is 4. The molecule has 0 saturated carbocycles. The molecule has 0 radical (unpaired) electrons. The predicted octanol–water partition coefficient (Wildman–Crippen LogP) is 1.61. The number of nitrogens with zero attached hydrogens (tertiary/aromatic N) is 1. The van der Waals surface area contributed by atoms with Crippen LogP contribution in [0.3, 0.4) is 0 Å². The van der Waals surface area contributed by atoms with E-state index in [1.807, 2.05) is 11.4 Å². The number of rotatable bonds is 2. The Hall–Kier alpha value is -0.290. The first-order chi connectivity index (χ1) is 5.92. The van der Waals surface area contributed by atoms with Crippen molar-refractivity contribution in [2.75, 3.05) is 17.4 Å². The van der Waals surface area contributed by atoms with Gasteiger partial charge in [0.05, 0.1) is 17.5 Å². The van der Waals surface area contributed by atoms with E-state index in [4.69, 9.17) is 16.4 Å². The zero-order valence-corrected chi connectivity index (χ0v) is 7.94. The second-order valence-electron chi connectivity index (χ2n) is 2.45. The lowest BCUT2D eigenvalue weighted by atomic mass is 10.5. The number of halogens is 1. The van der Waals surface area contributed by atoms with Crippen molar-refractivity contribution in [2.45, 2.75) is 6.23 Å². The number of hydroxylamine groups is 1. The van der Waals surface area contributed by atoms with Crippen molar-refractivity contribution in [1.82, 2.24) is 5.48 Å². The van der Waals surface area contributed by atoms with Crippen LogP contribution in [-0.2, 0) is 4.84 Å². The van der Waals surface area contributed by atoms with Gasteiger partial charge >= 0.3 is 0 Å². The highest BCUT2D eigenvalue weighted by Gasteiger charge is 2.25. The van der Waals surface area contributed by atoms with Crippen molar-refractivity contribution >= 4 is 27.9 Å². The second kappa shape index (κ2) is 3.62. The van der Waals surface area contributed by atoms with Gasteiger partial charge in [-0.1, -0.05) is 0 Å². The predicted molar refractivity (Wildman–Crippen MR) is 50.4 cm³/mol. The number of nitrogens with one attached hydrogen (secondary N) is 1. The minimum absolute atomic E-state index is 0.0367. The normalized spacial score (nSPS) is 23.4. The monoisotopic (exact) mass is 204 g/mol. The van der Waals surface area contributed by atoms with Gasteiger partial charge in [-0.3, -0.25) is 4.84 Å². The molecule has 1 N–H and O–H groups in total. The first-order valence-corrected chi connectivity index (χ1v) is 5.08. The molecule has 3 nitrogen and oxygen atoms in total. The molecule has 0 aromatic carbocycles. The molecule has 1 aromatic rings. The van der Waals surface area contributed by atoms with Crippen molar-refractivity contribution < 1.29 is 4.84 Å². The molecule has 1 unspecified atom stereocenters. The Balaban J connectivity index is 2.13. The summed E-state index contributed by atoms with van der Waals surface area (Å²) >= 11 is 7.40. The van der Waals surface area contributed by atoms with E-state index in [0.29, 0.717) is 12.5 Å². The molecule has 0 aliphatic carbocycles. The largest absolute Gasteiger partial charge is 0.320 e. The van der Waals surface area contributed by atoms with E-state index in [0.717, 1.165) is 0 Å². The van der Waals surface area contributed by atoms with Crippen LogP contribution in [0.15, 0.2) is 17.5 Å². The molecule has 2 heterocycles. The summed E-state index contributed by atoms with van der Waals surface area (Å²) in [6.45, 7) is 0.706. The summed E-state index contributed by atoms with van der Waals surface area (Å²) < 4.78 is 0. The molecule has 1 aliphatic rings. The van der Waals surface area contributed by atoms with Crippen LogP contribution in [0.1, 0.15) is 0 Å². The van der Waals surface area contributed by atoms with Crippen molar-refractivity contribution in [3.05, 3.63) is 17.5 Å². The Morgan fingerprint density at radius 1 is 1.83 bits per heavy atom. The quantitative estimate of drug-likeness (QED) is 0.741. The van der Waals surface area contributed by atoms with E-state index >= 15 is 0 Å². The third-order valence-corrected chi connectivity index (χ3v) is 2.89. The summed E-state index contributed by atoms with van der Waals surface area (Å²) in [7, 11) is 0. The summed E-state index contributed by atoms with van der Waals surface area (Å²) in [5.41, 5.74) is 2.81. The number of anilines is 1. The second-order valence-corrected chi connectivity index (χ2v) is 3.69. The molecule has 1 aromatic heterocycles. The maximum absolute atomic E-state index is 5.72. The molecule has 0 spiro atoms. The van der Waals surface area contributed by atoms with E-state index in [1.54, 1.807) is 11.3 Å². The third kappa shape index (κ3) is 1.43. The fourth-order valence-electron chi connectivity index (χ4n) is 1.14. The molecule has 1 saturated heterocycles. The lowest BCUT2D eigenvalue weighted by Gasteiger charge is -2.18. The van der Waals surface area contributed by atoms with Gasteiger partial charge < -0.3 is 4.90 Å². The SMILES string of the molecule is ClCC1ONCN1c1cccs1. The molecule has 5 heteroatoms. The van der Waals surface area contributed by atoms with Crippen molar-refractivity contribution in [3.63, 3.8) is 0 Å². The van der Waals surface area contributed by atoms with Crippen molar-refractivity contribution in [2.24, 2.45) is 0 Å². The lowest BCUT2D eigenvalue weighted by Crippen LogP contribution is -2.30. The van der Waals surface area contributed by atoms with Gasteiger partial charge in [0.15, 0.2) is 6.23 Å². The van der Waals surface area contributed by atoms with Gasteiger partial charge in [-0.2, -0.15) is 5.48 Å². The maximum atomic E-state index is 5.72. The molecule has 1 aliphatic heterocycles. The van der Waals surface area contributed by atoms with E-state index in [-0.39, 0.29) is 6.23 Å². The Morgan fingerprint density at radius 3 is 3.42 bits per heavy atom. The van der Waals surface area contributed by atoms with E-state index in [2.05, 4.69) is 16.4 Å². The van der Waals surface area contributed by atoms with Gasteiger partial charge in [-0.25, -0.2) is 0 Å². The van der Waals surface area contributed by atoms with Crippen molar-refractivity contribution in [1.29, 1.82) is 0 Å². The van der Waals surface area contributed by atoms with Crippen LogP contribution >= 0.6 is 22.9 Å². The third-order valence-electron chi connectivity index (χ3n) is 1.72. The molecule has 1 atom stereocenters. The van der Waals surface area contributed by atoms with E-state index < -0.39 is 0 Å². The van der Waals surface area contributed by atoms with Crippen molar-refractivity contribution in [3.8, 4) is 0 Å². The topological polar surface area (TPSA) is 24.5 Å². The Morgan fingerprint density at radius 2 is 2.75 bits per heavy atom. The molecule has 66 valence electrons. The van der Waals surface area contributed by atoms with Crippen LogP contribution in [0, 0.1) is 0 Å². The maximum Gasteiger partial charge on any atom is 0.166 e. The van der Waals surface area contributed by atoms with Gasteiger partial charge in [0.25, 0.3) is 0 Å². The summed E-state index contributed by atoms with van der Waals surface area (Å²) in [4.78, 5) is 7.28. The molecular weight excluding hydrogens is 196 g/mol. The summed E-state index contributed by atoms with van der Waals surface area (Å²) in [6, 6.07) is 4.07. The van der Waals surface area contributed by atoms with Gasteiger partial charge in [0.2, 0.25) is 0 Å². The fourth-order valence-corrected chi connectivity index (χ4v) is 2.14. The van der Waals surface area contributed by atoms with Crippen LogP contribution < -0.4 is 10.4 Å². The number of hydrogen-bond donors (Lipinski definition) is 1. The summed E-state index contributed by atoms with van der Waals surface area (Å²) in [5.74, 6) is 0.477. The molecule has 12 heavy (non-hydrogen) atoms. The first-order valence-electron chi connectivity index (χ1n) is 3.66. The number of thiophene rings is 1. The summed E-state index contributed by atoms with van der Waals surface area (Å²) in [5, 5.41) is 3.23. The summed E-state index contributed by atoms with van der Waals surface area (Å²) in [6.07, 6.45) is -0.0367. The lowest BCUT2D eigenvalue weighted by molar-refractivity contribution is 0.0478. The van der Waals surface area contributed by atoms with Crippen LogP contribution in [0.25, 0.3) is 0 Å². The van der Waals surface area contributed by atoms with Crippen LogP contribution in [0.4, 0.5) is 5.00 Å². The Labute approximate surface area is 79.8 Å². The minimum atomic E-state index is -0.0367. The fraction of sp³-hybridized carbons (Fsp3) is 0.429. The molecular formula is C7H9ClN2OS. The highest BCUT2D eigenvalue weighted by atomic mass is 35.5. The Kier molecular flexibility index (Phi) is 2.51. The molecule has 1 fully saturated rings. The van der Waals surface area contributed by atoms with Crippen LogP contribution in [0.2, 0.25) is 0 Å². The highest BCUT2D eigenvalue weighted by Crippen LogP contribution is 2.25. The smallest absolute Gasteiger partial charge is 0.166 e. The van der Waals surface area contributed by atoms with E-state index in [9.17, 15) is 0 Å². The van der Waals surface area contributed by atoms with Crippen LogP contribution in [0.5, 0.6) is 0 Å². The molecule has 2 rings (SSSR count). The minimum Gasteiger partial charge on any atom is -0.320 e. The average molecular weight is 205 g/mol. The average Bonchev–Trinajstić information content (AvgIpc) is 2.74. The van der Waals surface area contributed by atoms with Gasteiger partial charge in [-0.15, -0.1) is 22.9 Å². The zero-order chi connectivity index (χ0) is 8.39. The molecule has 0 bridgehead atoms. The Bertz CT molecular complexity index is 242. The van der Waals surface area contributed by atoms with Gasteiger partial charge in [0, 0.05) is 0 Å². The van der Waals surface area contributed by atoms with Gasteiger partial charge in [0.1, 0.15) is 0 Å². The number of alkyl halides is 1. The zero-order valence-electron chi connectivity index (χ0n) is 6.37. The van der Waals surface area contributed by atoms with Crippen LogP contribution in [-0.4, -0.2) is 18.8 Å². The highest BCUT2D eigenvalue weighted by molar-refractivity contribution is 7.14. The standard InChI is InChI=1S/C7H9ClN2OS/c8-4-6-10(5-9-11-6)7-2-1-3-12-7/h1-3,6,9H,4-5H2. The first kappa shape index (κ1) is 8.31.